The molecule has 0 aliphatic rings. The third kappa shape index (κ3) is 73.5. The lowest BCUT2D eigenvalue weighted by Crippen LogP contribution is -2.30. The molecule has 0 saturated carbocycles. The summed E-state index contributed by atoms with van der Waals surface area (Å²) in [5.41, 5.74) is 0. The number of carbonyl (C=O) groups is 4. The SMILES string of the molecule is CC/C=C\C/C=C\C/C=C\C/C=C\C/C=C\CCCC(=O)OCC(COP(=O)(O)OCC(O)COP(=O)(O)OCC(COC(=O)CCCCCCCCC/C=C\C/C=C\C/C=C\CC)OC(=O)CCCCCCC/C=C\C/C=C\CCCCC)OC(=O)CCCCCCC/C=C\CCCCCC. The van der Waals surface area contributed by atoms with E-state index in [1.165, 1.54) is 44.9 Å². The molecule has 0 aromatic carbocycles. The van der Waals surface area contributed by atoms with E-state index in [0.717, 1.165) is 180 Å². The molecular formula is C83H140O17P2. The van der Waals surface area contributed by atoms with E-state index in [9.17, 15) is 43.2 Å². The summed E-state index contributed by atoms with van der Waals surface area (Å²) in [5.74, 6) is -2.28. The molecule has 5 atom stereocenters. The average molecular weight is 1470 g/mol. The first-order chi connectivity index (χ1) is 49.7. The van der Waals surface area contributed by atoms with Crippen molar-refractivity contribution in [3.63, 3.8) is 0 Å². The first kappa shape index (κ1) is 97.2. The summed E-state index contributed by atoms with van der Waals surface area (Å²) < 4.78 is 68.5. The van der Waals surface area contributed by atoms with E-state index in [1.54, 1.807) is 0 Å². The number of allylic oxidation sites excluding steroid dienone is 22. The van der Waals surface area contributed by atoms with Crippen LogP contribution in [0.25, 0.3) is 0 Å². The standard InChI is InChI=1S/C83H140O17P2/c1-5-9-13-17-21-25-29-33-36-38-41-44-47-51-55-59-63-67-80(85)93-73-78(99-82(87)69-65-61-57-53-49-43-32-28-24-20-16-12-8-4)75-97-101(89,90)95-71-77(84)72-96-102(91,92)98-76-79(100-83(88)70-66-62-58-54-50-46-40-35-31-27-23-19-15-11-7-3)74-94-81(86)68-64-60-56-52-48-45-42-39-37-34-30-26-22-18-14-10-6-2/h9-10,13-14,21-23,25-28,32-37,40-41,44,51,55,77-79,84H,5-8,11-12,15-20,24,29-31,38-39,42-43,45-50,52-54,56-76H2,1-4H3,(H,89,90)(H,91,92)/b13-9-,14-10-,25-21-,26-22-,27-23-,32-28-,36-33-,37-34-,40-35-,44-41-,55-51-. The zero-order valence-electron chi connectivity index (χ0n) is 63.7. The van der Waals surface area contributed by atoms with E-state index in [-0.39, 0.29) is 25.7 Å². The lowest BCUT2D eigenvalue weighted by Gasteiger charge is -2.21. The van der Waals surface area contributed by atoms with E-state index in [0.29, 0.717) is 32.1 Å². The fraction of sp³-hybridized carbons (Fsp3) is 0.687. The molecule has 0 radical (unpaired) electrons. The number of phosphoric ester groups is 2. The van der Waals surface area contributed by atoms with E-state index >= 15 is 0 Å². The van der Waals surface area contributed by atoms with Gasteiger partial charge in [-0.1, -0.05) is 264 Å². The number of hydrogen-bond acceptors (Lipinski definition) is 15. The Morgan fingerprint density at radius 3 is 0.853 bits per heavy atom. The summed E-state index contributed by atoms with van der Waals surface area (Å²) in [4.78, 5) is 73.0. The highest BCUT2D eigenvalue weighted by Crippen LogP contribution is 2.45. The van der Waals surface area contributed by atoms with Crippen LogP contribution >= 0.6 is 15.6 Å². The fourth-order valence-electron chi connectivity index (χ4n) is 10.1. The topological polar surface area (TPSA) is 237 Å². The van der Waals surface area contributed by atoms with Crippen LogP contribution < -0.4 is 0 Å². The van der Waals surface area contributed by atoms with Crippen LogP contribution in [0.1, 0.15) is 310 Å². The van der Waals surface area contributed by atoms with Gasteiger partial charge in [0.2, 0.25) is 0 Å². The van der Waals surface area contributed by atoms with Crippen LogP contribution in [-0.2, 0) is 65.4 Å². The van der Waals surface area contributed by atoms with Crippen molar-refractivity contribution < 1.29 is 80.2 Å². The Balaban J connectivity index is 5.42. The Hall–Kier alpha value is -4.80. The highest BCUT2D eigenvalue weighted by atomic mass is 31.2. The lowest BCUT2D eigenvalue weighted by atomic mass is 10.1. The molecule has 5 unspecified atom stereocenters. The van der Waals surface area contributed by atoms with Crippen molar-refractivity contribution in [3.8, 4) is 0 Å². The molecule has 0 saturated heterocycles. The zero-order valence-corrected chi connectivity index (χ0v) is 65.5. The Kier molecular flexibility index (Phi) is 71.0. The maximum Gasteiger partial charge on any atom is 0.472 e. The van der Waals surface area contributed by atoms with Gasteiger partial charge in [-0.2, -0.15) is 0 Å². The number of esters is 4. The number of ether oxygens (including phenoxy) is 4. The minimum absolute atomic E-state index is 0.0697. The van der Waals surface area contributed by atoms with Crippen molar-refractivity contribution >= 4 is 39.5 Å². The van der Waals surface area contributed by atoms with Gasteiger partial charge in [-0.25, -0.2) is 9.13 Å². The summed E-state index contributed by atoms with van der Waals surface area (Å²) >= 11 is 0. The zero-order chi connectivity index (χ0) is 74.6. The summed E-state index contributed by atoms with van der Waals surface area (Å²) in [5, 5.41) is 10.6. The number of phosphoric acid groups is 2. The predicted octanol–water partition coefficient (Wildman–Crippen LogP) is 22.9. The van der Waals surface area contributed by atoms with Gasteiger partial charge in [-0.05, 0) is 154 Å². The van der Waals surface area contributed by atoms with Crippen molar-refractivity contribution in [2.45, 2.75) is 329 Å². The second-order valence-corrected chi connectivity index (χ2v) is 28.8. The molecule has 0 spiro atoms. The molecule has 102 heavy (non-hydrogen) atoms. The van der Waals surface area contributed by atoms with E-state index < -0.39 is 97.5 Å². The van der Waals surface area contributed by atoms with Crippen LogP contribution in [0.5, 0.6) is 0 Å². The van der Waals surface area contributed by atoms with E-state index in [2.05, 4.69) is 149 Å². The molecule has 0 amide bonds. The first-order valence-corrected chi connectivity index (χ1v) is 42.4. The average Bonchev–Trinajstić information content (AvgIpc) is 0.908. The van der Waals surface area contributed by atoms with Crippen molar-refractivity contribution in [1.82, 2.24) is 0 Å². The third-order valence-electron chi connectivity index (χ3n) is 16.1. The summed E-state index contributed by atoms with van der Waals surface area (Å²) in [7, 11) is -9.98. The molecule has 584 valence electrons. The molecule has 0 rings (SSSR count). The summed E-state index contributed by atoms with van der Waals surface area (Å²) in [6, 6.07) is 0. The van der Waals surface area contributed by atoms with Crippen LogP contribution in [-0.4, -0.2) is 96.7 Å². The number of hydrogen-bond donors (Lipinski definition) is 3. The lowest BCUT2D eigenvalue weighted by molar-refractivity contribution is -0.161. The third-order valence-corrected chi connectivity index (χ3v) is 18.0. The van der Waals surface area contributed by atoms with Crippen molar-refractivity contribution in [2.75, 3.05) is 39.6 Å². The molecule has 0 aromatic heterocycles. The van der Waals surface area contributed by atoms with Crippen LogP contribution in [0.15, 0.2) is 134 Å². The molecule has 0 aromatic rings. The first-order valence-electron chi connectivity index (χ1n) is 39.4. The monoisotopic (exact) mass is 1470 g/mol. The largest absolute Gasteiger partial charge is 0.472 e. The van der Waals surface area contributed by atoms with Crippen molar-refractivity contribution in [2.24, 2.45) is 0 Å². The van der Waals surface area contributed by atoms with Gasteiger partial charge in [-0.15, -0.1) is 0 Å². The van der Waals surface area contributed by atoms with Crippen LogP contribution in [0.3, 0.4) is 0 Å². The maximum atomic E-state index is 13.1. The van der Waals surface area contributed by atoms with Crippen LogP contribution in [0.4, 0.5) is 0 Å². The van der Waals surface area contributed by atoms with Crippen molar-refractivity contribution in [3.05, 3.63) is 134 Å². The number of rotatable bonds is 73. The Labute approximate surface area is 618 Å². The quantitative estimate of drug-likeness (QED) is 0.0169. The molecule has 19 heteroatoms. The normalized spacial score (nSPS) is 14.6. The smallest absolute Gasteiger partial charge is 0.462 e. The predicted molar refractivity (Wildman–Crippen MR) is 418 cm³/mol. The number of carbonyl (C=O) groups excluding carboxylic acids is 4. The summed E-state index contributed by atoms with van der Waals surface area (Å²) in [6.45, 7) is 4.51. The van der Waals surface area contributed by atoms with E-state index in [4.69, 9.17) is 37.0 Å². The Morgan fingerprint density at radius 1 is 0.284 bits per heavy atom. The Bertz CT molecular complexity index is 2460. The van der Waals surface area contributed by atoms with Crippen LogP contribution in [0, 0.1) is 0 Å². The van der Waals surface area contributed by atoms with Gasteiger partial charge in [0.05, 0.1) is 26.4 Å². The second-order valence-electron chi connectivity index (χ2n) is 25.9. The van der Waals surface area contributed by atoms with Crippen LogP contribution in [0.2, 0.25) is 0 Å². The molecule has 0 heterocycles. The fourth-order valence-corrected chi connectivity index (χ4v) is 11.7. The van der Waals surface area contributed by atoms with Gasteiger partial charge in [0, 0.05) is 25.7 Å². The number of unbranched alkanes of at least 4 members (excludes halogenated alkanes) is 25. The van der Waals surface area contributed by atoms with Gasteiger partial charge in [-0.3, -0.25) is 37.3 Å². The minimum Gasteiger partial charge on any atom is -0.462 e. The van der Waals surface area contributed by atoms with Gasteiger partial charge in [0.1, 0.15) is 19.3 Å². The maximum absolute atomic E-state index is 13.1. The molecule has 0 aliphatic carbocycles. The number of aliphatic hydroxyl groups is 1. The van der Waals surface area contributed by atoms with E-state index in [1.807, 2.05) is 12.2 Å². The van der Waals surface area contributed by atoms with Gasteiger partial charge < -0.3 is 33.8 Å². The molecule has 3 N–H and O–H groups in total. The van der Waals surface area contributed by atoms with Gasteiger partial charge in [0.25, 0.3) is 0 Å². The highest BCUT2D eigenvalue weighted by molar-refractivity contribution is 7.47. The molecule has 0 aliphatic heterocycles. The van der Waals surface area contributed by atoms with Crippen molar-refractivity contribution in [1.29, 1.82) is 0 Å². The molecule has 0 fully saturated rings. The highest BCUT2D eigenvalue weighted by Gasteiger charge is 2.30. The molecule has 0 bridgehead atoms. The van der Waals surface area contributed by atoms with Gasteiger partial charge in [0.15, 0.2) is 12.2 Å². The second kappa shape index (κ2) is 74.5. The Morgan fingerprint density at radius 2 is 0.520 bits per heavy atom. The minimum atomic E-state index is -4.99. The molecule has 17 nitrogen and oxygen atoms in total. The molecular weight excluding hydrogens is 1330 g/mol. The summed E-state index contributed by atoms with van der Waals surface area (Å²) in [6.07, 6.45) is 82.9. The number of aliphatic hydroxyl groups excluding tert-OH is 1. The van der Waals surface area contributed by atoms with Gasteiger partial charge >= 0.3 is 39.5 Å².